The largest absolute Gasteiger partial charge is 0.453 e. The fourth-order valence-electron chi connectivity index (χ4n) is 2.81. The summed E-state index contributed by atoms with van der Waals surface area (Å²) in [5.41, 5.74) is 1.58. The molecule has 0 fully saturated rings. The van der Waals surface area contributed by atoms with E-state index in [1.807, 2.05) is 53.2 Å². The lowest BCUT2D eigenvalue weighted by Gasteiger charge is -2.13. The molecule has 0 radical (unpaired) electrons. The summed E-state index contributed by atoms with van der Waals surface area (Å²) in [6.07, 6.45) is 6.15. The molecule has 3 heterocycles. The first-order chi connectivity index (χ1) is 12.7. The first-order valence-corrected chi connectivity index (χ1v) is 8.54. The highest BCUT2D eigenvalue weighted by molar-refractivity contribution is 6.33. The molecule has 4 rings (SSSR count). The molecule has 0 aliphatic rings. The quantitative estimate of drug-likeness (QED) is 0.561. The van der Waals surface area contributed by atoms with Gasteiger partial charge >= 0.3 is 0 Å². The zero-order valence-electron chi connectivity index (χ0n) is 13.8. The molecular formula is C20H16ClN3O2. The van der Waals surface area contributed by atoms with Gasteiger partial charge in [-0.25, -0.2) is 4.98 Å². The second kappa shape index (κ2) is 7.15. The Morgan fingerprint density at radius 3 is 2.69 bits per heavy atom. The van der Waals surface area contributed by atoms with Crippen LogP contribution in [0.5, 0.6) is 0 Å². The van der Waals surface area contributed by atoms with Crippen molar-refractivity contribution in [1.29, 1.82) is 0 Å². The predicted octanol–water partition coefficient (Wildman–Crippen LogP) is 4.59. The fraction of sp³-hybridized carbons (Fsp3) is 0.100. The minimum atomic E-state index is -0.686. The van der Waals surface area contributed by atoms with Crippen LogP contribution in [0, 0.1) is 0 Å². The molecule has 0 aliphatic heterocycles. The van der Waals surface area contributed by atoms with E-state index < -0.39 is 6.10 Å². The molecular weight excluding hydrogens is 350 g/mol. The van der Waals surface area contributed by atoms with E-state index in [0.29, 0.717) is 28.9 Å². The Morgan fingerprint density at radius 1 is 1.04 bits per heavy atom. The van der Waals surface area contributed by atoms with Crippen molar-refractivity contribution in [2.45, 2.75) is 12.6 Å². The molecule has 26 heavy (non-hydrogen) atoms. The fourth-order valence-corrected chi connectivity index (χ4v) is 3.04. The Balaban J connectivity index is 1.61. The number of nitrogens with zero attached hydrogens (tertiary/aromatic N) is 3. The van der Waals surface area contributed by atoms with Gasteiger partial charge in [0, 0.05) is 35.9 Å². The molecule has 4 aromatic rings. The van der Waals surface area contributed by atoms with Crippen molar-refractivity contribution in [3.63, 3.8) is 0 Å². The van der Waals surface area contributed by atoms with Gasteiger partial charge in [-0.1, -0.05) is 29.8 Å². The molecule has 5 nitrogen and oxygen atoms in total. The van der Waals surface area contributed by atoms with E-state index in [1.54, 1.807) is 24.7 Å². The highest BCUT2D eigenvalue weighted by atomic mass is 35.5. The van der Waals surface area contributed by atoms with Gasteiger partial charge in [0.15, 0.2) is 11.6 Å². The Kier molecular flexibility index (Phi) is 4.56. The minimum Gasteiger partial charge on any atom is -0.453 e. The molecule has 0 saturated heterocycles. The van der Waals surface area contributed by atoms with Crippen LogP contribution in [0.25, 0.3) is 22.9 Å². The molecule has 0 saturated carbocycles. The van der Waals surface area contributed by atoms with Crippen molar-refractivity contribution in [1.82, 2.24) is 14.5 Å². The van der Waals surface area contributed by atoms with Gasteiger partial charge in [-0.15, -0.1) is 0 Å². The van der Waals surface area contributed by atoms with Crippen LogP contribution in [0.15, 0.2) is 77.7 Å². The third-order valence-corrected chi connectivity index (χ3v) is 4.45. The molecule has 0 aliphatic carbocycles. The molecule has 6 heteroatoms. The lowest BCUT2D eigenvalue weighted by atomic mass is 10.1. The predicted molar refractivity (Wildman–Crippen MR) is 99.6 cm³/mol. The maximum absolute atomic E-state index is 10.4. The van der Waals surface area contributed by atoms with Crippen LogP contribution in [-0.2, 0) is 6.54 Å². The van der Waals surface area contributed by atoms with Gasteiger partial charge in [0.25, 0.3) is 0 Å². The van der Waals surface area contributed by atoms with Crippen LogP contribution in [-0.4, -0.2) is 19.6 Å². The van der Waals surface area contributed by atoms with E-state index in [1.165, 1.54) is 0 Å². The third kappa shape index (κ3) is 3.27. The number of rotatable bonds is 5. The summed E-state index contributed by atoms with van der Waals surface area (Å²) in [5.74, 6) is 1.93. The summed E-state index contributed by atoms with van der Waals surface area (Å²) in [7, 11) is 0. The summed E-state index contributed by atoms with van der Waals surface area (Å²) in [4.78, 5) is 8.42. The number of hydrogen-bond acceptors (Lipinski definition) is 4. The number of aromatic nitrogens is 3. The number of hydrogen-bond donors (Lipinski definition) is 1. The normalized spacial score (nSPS) is 12.2. The molecule has 0 amide bonds. The highest BCUT2D eigenvalue weighted by Gasteiger charge is 2.16. The van der Waals surface area contributed by atoms with Gasteiger partial charge in [0.05, 0.1) is 17.7 Å². The average Bonchev–Trinajstić information content (AvgIpc) is 3.32. The number of aliphatic hydroxyl groups excluding tert-OH is 1. The van der Waals surface area contributed by atoms with E-state index >= 15 is 0 Å². The van der Waals surface area contributed by atoms with Crippen LogP contribution in [0.1, 0.15) is 11.7 Å². The molecule has 0 bridgehead atoms. The van der Waals surface area contributed by atoms with Crippen molar-refractivity contribution >= 4 is 11.6 Å². The van der Waals surface area contributed by atoms with Gasteiger partial charge in [-0.05, 0) is 30.3 Å². The number of halogens is 1. The standard InChI is InChI=1S/C20H16ClN3O2/c21-16-6-2-1-5-15(16)18-7-8-19(26-18)20-23-10-11-24(20)13-17(25)14-4-3-9-22-12-14/h1-12,17,25H,13H2/t17-/m0/s1. The average molecular weight is 366 g/mol. The van der Waals surface area contributed by atoms with Gasteiger partial charge in [-0.2, -0.15) is 0 Å². The molecule has 1 aromatic carbocycles. The van der Waals surface area contributed by atoms with Crippen LogP contribution in [0.4, 0.5) is 0 Å². The van der Waals surface area contributed by atoms with Gasteiger partial charge < -0.3 is 14.1 Å². The third-order valence-electron chi connectivity index (χ3n) is 4.12. The van der Waals surface area contributed by atoms with Crippen LogP contribution < -0.4 is 0 Å². The maximum atomic E-state index is 10.4. The van der Waals surface area contributed by atoms with E-state index in [9.17, 15) is 5.11 Å². The highest BCUT2D eigenvalue weighted by Crippen LogP contribution is 2.32. The first kappa shape index (κ1) is 16.6. The molecule has 0 spiro atoms. The number of aliphatic hydroxyl groups is 1. The Labute approximate surface area is 155 Å². The summed E-state index contributed by atoms with van der Waals surface area (Å²) < 4.78 is 7.82. The van der Waals surface area contributed by atoms with Crippen molar-refractivity contribution in [3.8, 4) is 22.9 Å². The summed E-state index contributed by atoms with van der Waals surface area (Å²) >= 11 is 6.24. The second-order valence-electron chi connectivity index (χ2n) is 5.85. The monoisotopic (exact) mass is 365 g/mol. The summed E-state index contributed by atoms with van der Waals surface area (Å²) in [6, 6.07) is 14.9. The van der Waals surface area contributed by atoms with Gasteiger partial charge in [0.1, 0.15) is 5.76 Å². The molecule has 1 N–H and O–H groups in total. The lowest BCUT2D eigenvalue weighted by molar-refractivity contribution is 0.156. The van der Waals surface area contributed by atoms with Gasteiger partial charge in [-0.3, -0.25) is 4.98 Å². The molecule has 130 valence electrons. The molecule has 3 aromatic heterocycles. The molecule has 0 unspecified atom stereocenters. The number of furan rings is 1. The molecule has 1 atom stereocenters. The number of benzene rings is 1. The van der Waals surface area contributed by atoms with E-state index in [0.717, 1.165) is 11.1 Å². The second-order valence-corrected chi connectivity index (χ2v) is 6.26. The smallest absolute Gasteiger partial charge is 0.176 e. The van der Waals surface area contributed by atoms with Crippen molar-refractivity contribution in [3.05, 3.63) is 83.9 Å². The minimum absolute atomic E-state index is 0.350. The van der Waals surface area contributed by atoms with Crippen LogP contribution in [0.2, 0.25) is 5.02 Å². The Bertz CT molecular complexity index is 1010. The van der Waals surface area contributed by atoms with Crippen LogP contribution in [0.3, 0.4) is 0 Å². The van der Waals surface area contributed by atoms with E-state index in [2.05, 4.69) is 9.97 Å². The number of pyridine rings is 1. The SMILES string of the molecule is O[C@@H](Cn1ccnc1-c1ccc(-c2ccccc2Cl)o1)c1cccnc1. The van der Waals surface area contributed by atoms with Gasteiger partial charge in [0.2, 0.25) is 0 Å². The Hall–Kier alpha value is -2.89. The maximum Gasteiger partial charge on any atom is 0.176 e. The van der Waals surface area contributed by atoms with E-state index in [-0.39, 0.29) is 0 Å². The summed E-state index contributed by atoms with van der Waals surface area (Å²) in [5, 5.41) is 11.1. The van der Waals surface area contributed by atoms with Crippen LogP contribution >= 0.6 is 11.6 Å². The number of imidazole rings is 1. The van der Waals surface area contributed by atoms with E-state index in [4.69, 9.17) is 16.0 Å². The van der Waals surface area contributed by atoms with Crippen molar-refractivity contribution in [2.24, 2.45) is 0 Å². The zero-order chi connectivity index (χ0) is 17.9. The Morgan fingerprint density at radius 2 is 1.88 bits per heavy atom. The lowest BCUT2D eigenvalue weighted by Crippen LogP contribution is -2.09. The topological polar surface area (TPSA) is 64.1 Å². The zero-order valence-corrected chi connectivity index (χ0v) is 14.5. The summed E-state index contributed by atoms with van der Waals surface area (Å²) in [6.45, 7) is 0.350. The first-order valence-electron chi connectivity index (χ1n) is 8.16. The van der Waals surface area contributed by atoms with Crippen molar-refractivity contribution < 1.29 is 9.52 Å². The van der Waals surface area contributed by atoms with Crippen molar-refractivity contribution in [2.75, 3.05) is 0 Å².